The van der Waals surface area contributed by atoms with Gasteiger partial charge in [0.25, 0.3) is 0 Å². The quantitative estimate of drug-likeness (QED) is 0.819. The summed E-state index contributed by atoms with van der Waals surface area (Å²) < 4.78 is 9.78. The van der Waals surface area contributed by atoms with Crippen molar-refractivity contribution < 1.29 is 24.2 Å². The van der Waals surface area contributed by atoms with E-state index in [0.717, 1.165) is 0 Å². The number of aromatic carboxylic acids is 1. The van der Waals surface area contributed by atoms with E-state index < -0.39 is 5.97 Å². The smallest absolute Gasteiger partial charge is 0.338 e. The molecule has 0 aliphatic heterocycles. The molecule has 1 rings (SSSR count). The van der Waals surface area contributed by atoms with Crippen LogP contribution in [0.2, 0.25) is 5.02 Å². The molecule has 1 aromatic carbocycles. The van der Waals surface area contributed by atoms with Gasteiger partial charge in [-0.05, 0) is 0 Å². The van der Waals surface area contributed by atoms with Crippen LogP contribution in [-0.4, -0.2) is 31.6 Å². The van der Waals surface area contributed by atoms with Crippen molar-refractivity contribution in [2.75, 3.05) is 14.2 Å². The molecule has 0 aromatic heterocycles. The standard InChI is InChI=1S/C10H9ClO5/c1-15-6-3-7(16-2)9(11)8(10(13)14)5(6)4-12/h3-4H,1-2H3,(H,13,14). The van der Waals surface area contributed by atoms with Crippen molar-refractivity contribution in [1.82, 2.24) is 0 Å². The van der Waals surface area contributed by atoms with E-state index in [1.807, 2.05) is 0 Å². The first-order valence-electron chi connectivity index (χ1n) is 4.19. The van der Waals surface area contributed by atoms with Gasteiger partial charge in [-0.2, -0.15) is 0 Å². The molecule has 0 bridgehead atoms. The lowest BCUT2D eigenvalue weighted by Gasteiger charge is -2.12. The van der Waals surface area contributed by atoms with Crippen LogP contribution < -0.4 is 9.47 Å². The predicted molar refractivity (Wildman–Crippen MR) is 56.9 cm³/mol. The van der Waals surface area contributed by atoms with Crippen LogP contribution in [0, 0.1) is 0 Å². The first kappa shape index (κ1) is 12.3. The number of hydrogen-bond acceptors (Lipinski definition) is 4. The Morgan fingerprint density at radius 2 is 1.94 bits per heavy atom. The van der Waals surface area contributed by atoms with Crippen LogP contribution in [0.15, 0.2) is 6.07 Å². The average molecular weight is 245 g/mol. The second-order valence-corrected chi connectivity index (χ2v) is 3.18. The van der Waals surface area contributed by atoms with Crippen molar-refractivity contribution in [2.45, 2.75) is 0 Å². The number of halogens is 1. The largest absolute Gasteiger partial charge is 0.496 e. The van der Waals surface area contributed by atoms with Crippen LogP contribution in [-0.2, 0) is 0 Å². The Balaban J connectivity index is 3.64. The molecular formula is C10H9ClO5. The molecule has 16 heavy (non-hydrogen) atoms. The van der Waals surface area contributed by atoms with Gasteiger partial charge in [-0.15, -0.1) is 0 Å². The van der Waals surface area contributed by atoms with Crippen molar-refractivity contribution in [2.24, 2.45) is 0 Å². The number of aldehydes is 1. The number of ether oxygens (including phenoxy) is 2. The fraction of sp³-hybridized carbons (Fsp3) is 0.200. The predicted octanol–water partition coefficient (Wildman–Crippen LogP) is 1.87. The first-order valence-corrected chi connectivity index (χ1v) is 4.57. The molecule has 5 nitrogen and oxygen atoms in total. The van der Waals surface area contributed by atoms with Crippen LogP contribution in [0.1, 0.15) is 20.7 Å². The number of hydrogen-bond donors (Lipinski definition) is 1. The second-order valence-electron chi connectivity index (χ2n) is 2.81. The van der Waals surface area contributed by atoms with Crippen molar-refractivity contribution in [3.05, 3.63) is 22.2 Å². The topological polar surface area (TPSA) is 72.8 Å². The molecule has 0 atom stereocenters. The van der Waals surface area contributed by atoms with Crippen LogP contribution in [0.25, 0.3) is 0 Å². The van der Waals surface area contributed by atoms with E-state index in [-0.39, 0.29) is 27.6 Å². The molecule has 0 saturated heterocycles. The Kier molecular flexibility index (Phi) is 3.73. The van der Waals surface area contributed by atoms with Crippen molar-refractivity contribution in [3.8, 4) is 11.5 Å². The molecule has 0 aliphatic rings. The van der Waals surface area contributed by atoms with E-state index in [2.05, 4.69) is 0 Å². The zero-order chi connectivity index (χ0) is 12.3. The van der Waals surface area contributed by atoms with Gasteiger partial charge < -0.3 is 14.6 Å². The van der Waals surface area contributed by atoms with Crippen LogP contribution in [0.4, 0.5) is 0 Å². The zero-order valence-electron chi connectivity index (χ0n) is 8.61. The van der Waals surface area contributed by atoms with Gasteiger partial charge in [0.15, 0.2) is 6.29 Å². The zero-order valence-corrected chi connectivity index (χ0v) is 9.37. The third-order valence-corrected chi connectivity index (χ3v) is 2.38. The lowest BCUT2D eigenvalue weighted by molar-refractivity contribution is 0.0693. The molecule has 0 amide bonds. The summed E-state index contributed by atoms with van der Waals surface area (Å²) in [7, 11) is 2.66. The van der Waals surface area contributed by atoms with E-state index >= 15 is 0 Å². The molecule has 0 unspecified atom stereocenters. The molecule has 86 valence electrons. The number of carboxylic acid groups (broad SMARTS) is 1. The number of methoxy groups -OCH3 is 2. The minimum Gasteiger partial charge on any atom is -0.496 e. The number of rotatable bonds is 4. The van der Waals surface area contributed by atoms with Gasteiger partial charge in [-0.3, -0.25) is 4.79 Å². The monoisotopic (exact) mass is 244 g/mol. The molecule has 0 fully saturated rings. The Morgan fingerprint density at radius 1 is 1.38 bits per heavy atom. The minimum atomic E-state index is -1.32. The second kappa shape index (κ2) is 4.85. The van der Waals surface area contributed by atoms with Crippen molar-refractivity contribution in [3.63, 3.8) is 0 Å². The number of carboxylic acids is 1. The summed E-state index contributed by atoms with van der Waals surface area (Å²) in [6.45, 7) is 0. The summed E-state index contributed by atoms with van der Waals surface area (Å²) in [5.41, 5.74) is -0.436. The lowest BCUT2D eigenvalue weighted by Crippen LogP contribution is -2.06. The summed E-state index contributed by atoms with van der Waals surface area (Å²) in [6, 6.07) is 1.36. The van der Waals surface area contributed by atoms with E-state index in [9.17, 15) is 9.59 Å². The van der Waals surface area contributed by atoms with Gasteiger partial charge >= 0.3 is 5.97 Å². The maximum atomic E-state index is 11.0. The SMILES string of the molecule is COc1cc(OC)c(C=O)c(C(=O)O)c1Cl. The van der Waals surface area contributed by atoms with Gasteiger partial charge in [-0.1, -0.05) is 11.6 Å². The highest BCUT2D eigenvalue weighted by Gasteiger charge is 2.22. The molecular weight excluding hydrogens is 236 g/mol. The van der Waals surface area contributed by atoms with Crippen LogP contribution in [0.5, 0.6) is 11.5 Å². The molecule has 0 radical (unpaired) electrons. The molecule has 6 heteroatoms. The fourth-order valence-electron chi connectivity index (χ4n) is 1.27. The fourth-order valence-corrected chi connectivity index (χ4v) is 1.58. The molecule has 0 spiro atoms. The van der Waals surface area contributed by atoms with Gasteiger partial charge in [0.05, 0.1) is 30.4 Å². The summed E-state index contributed by atoms with van der Waals surface area (Å²) in [4.78, 5) is 21.8. The maximum absolute atomic E-state index is 11.0. The Labute approximate surface area is 96.5 Å². The summed E-state index contributed by atoms with van der Waals surface area (Å²) in [5.74, 6) is -1.07. The highest BCUT2D eigenvalue weighted by molar-refractivity contribution is 6.35. The van der Waals surface area contributed by atoms with E-state index in [1.165, 1.54) is 20.3 Å². The number of benzene rings is 1. The normalized spacial score (nSPS) is 9.69. The molecule has 1 N–H and O–H groups in total. The van der Waals surface area contributed by atoms with E-state index in [0.29, 0.717) is 6.29 Å². The molecule has 0 heterocycles. The van der Waals surface area contributed by atoms with Gasteiger partial charge in [-0.25, -0.2) is 4.79 Å². The lowest BCUT2D eigenvalue weighted by atomic mass is 10.1. The Bertz CT molecular complexity index is 441. The van der Waals surface area contributed by atoms with Gasteiger partial charge in [0.2, 0.25) is 0 Å². The molecule has 0 saturated carbocycles. The minimum absolute atomic E-state index is 0.105. The Morgan fingerprint density at radius 3 is 2.31 bits per heavy atom. The summed E-state index contributed by atoms with van der Waals surface area (Å²) >= 11 is 5.80. The van der Waals surface area contributed by atoms with E-state index in [4.69, 9.17) is 26.2 Å². The third kappa shape index (κ3) is 1.94. The molecule has 1 aromatic rings. The Hall–Kier alpha value is -1.75. The highest BCUT2D eigenvalue weighted by Crippen LogP contribution is 2.36. The molecule has 0 aliphatic carbocycles. The van der Waals surface area contributed by atoms with Crippen molar-refractivity contribution >= 4 is 23.9 Å². The van der Waals surface area contributed by atoms with Gasteiger partial charge in [0, 0.05) is 6.07 Å². The van der Waals surface area contributed by atoms with Crippen LogP contribution in [0.3, 0.4) is 0 Å². The summed E-state index contributed by atoms with van der Waals surface area (Å²) in [5, 5.41) is 8.84. The first-order chi connectivity index (χ1) is 7.56. The number of carbonyl (C=O) groups is 2. The maximum Gasteiger partial charge on any atom is 0.338 e. The van der Waals surface area contributed by atoms with E-state index in [1.54, 1.807) is 0 Å². The summed E-state index contributed by atoms with van der Waals surface area (Å²) in [6.07, 6.45) is 0.383. The van der Waals surface area contributed by atoms with Crippen molar-refractivity contribution in [1.29, 1.82) is 0 Å². The van der Waals surface area contributed by atoms with Gasteiger partial charge in [0.1, 0.15) is 11.5 Å². The highest BCUT2D eigenvalue weighted by atomic mass is 35.5. The average Bonchev–Trinajstić information content (AvgIpc) is 2.27. The van der Waals surface area contributed by atoms with Crippen LogP contribution >= 0.6 is 11.6 Å². The number of carbonyl (C=O) groups excluding carboxylic acids is 1. The third-order valence-electron chi connectivity index (χ3n) is 2.00.